The first-order chi connectivity index (χ1) is 8.63. The van der Waals surface area contributed by atoms with E-state index < -0.39 is 5.97 Å². The van der Waals surface area contributed by atoms with Gasteiger partial charge in [-0.2, -0.15) is 5.26 Å². The van der Waals surface area contributed by atoms with Crippen molar-refractivity contribution in [2.75, 3.05) is 0 Å². The van der Waals surface area contributed by atoms with Gasteiger partial charge in [-0.1, -0.05) is 12.1 Å². The Hall–Kier alpha value is -2.87. The number of carboxylic acids is 1. The molecule has 0 saturated carbocycles. The molecule has 5 nitrogen and oxygen atoms in total. The molecular formula is C13H8N2O3. The monoisotopic (exact) mass is 240 g/mol. The van der Waals surface area contributed by atoms with Crippen LogP contribution in [-0.4, -0.2) is 21.2 Å². The van der Waals surface area contributed by atoms with Crippen molar-refractivity contribution < 1.29 is 15.0 Å². The minimum absolute atomic E-state index is 0.0107. The number of nitrogens with zero attached hydrogens (tertiary/aromatic N) is 2. The first-order valence-corrected chi connectivity index (χ1v) is 5.05. The number of phenolic OH excluding ortho intramolecular Hbond substituents is 1. The van der Waals surface area contributed by atoms with Crippen molar-refractivity contribution in [2.24, 2.45) is 0 Å². The smallest absolute Gasteiger partial charge is 0.346 e. The number of benzene rings is 1. The van der Waals surface area contributed by atoms with Gasteiger partial charge in [0.2, 0.25) is 0 Å². The second kappa shape index (κ2) is 4.55. The molecule has 0 aliphatic rings. The fraction of sp³-hybridized carbons (Fsp3) is 0. The van der Waals surface area contributed by atoms with Crippen LogP contribution in [0.2, 0.25) is 0 Å². The van der Waals surface area contributed by atoms with E-state index in [2.05, 4.69) is 4.98 Å². The van der Waals surface area contributed by atoms with Gasteiger partial charge in [-0.25, -0.2) is 4.79 Å². The molecule has 2 aromatic rings. The van der Waals surface area contributed by atoms with Crippen LogP contribution >= 0.6 is 0 Å². The van der Waals surface area contributed by atoms with E-state index >= 15 is 0 Å². The fourth-order valence-electron chi connectivity index (χ4n) is 1.60. The van der Waals surface area contributed by atoms with Gasteiger partial charge in [0.1, 0.15) is 22.9 Å². The molecule has 0 saturated heterocycles. The highest BCUT2D eigenvalue weighted by Crippen LogP contribution is 2.26. The number of nitriles is 1. The topological polar surface area (TPSA) is 94.2 Å². The van der Waals surface area contributed by atoms with Crippen LogP contribution < -0.4 is 0 Å². The highest BCUT2D eigenvalue weighted by Gasteiger charge is 2.09. The van der Waals surface area contributed by atoms with Gasteiger partial charge < -0.3 is 10.2 Å². The van der Waals surface area contributed by atoms with Crippen molar-refractivity contribution in [3.63, 3.8) is 0 Å². The van der Waals surface area contributed by atoms with Crippen molar-refractivity contribution in [1.82, 2.24) is 4.98 Å². The second-order valence-electron chi connectivity index (χ2n) is 3.55. The number of aromatic nitrogens is 1. The Balaban J connectivity index is 2.71. The number of carboxylic acid groups (broad SMARTS) is 1. The van der Waals surface area contributed by atoms with Crippen LogP contribution in [0.15, 0.2) is 36.0 Å². The summed E-state index contributed by atoms with van der Waals surface area (Å²) in [4.78, 5) is 14.8. The van der Waals surface area contributed by atoms with Crippen molar-refractivity contribution in [2.45, 2.75) is 0 Å². The average molecular weight is 240 g/mol. The molecule has 0 atom stereocenters. The number of phenols is 1. The summed E-state index contributed by atoms with van der Waals surface area (Å²) in [5.41, 5.74) is 0.523. The van der Waals surface area contributed by atoms with Gasteiger partial charge in [-0.15, -0.1) is 0 Å². The Morgan fingerprint density at radius 3 is 2.83 bits per heavy atom. The summed E-state index contributed by atoms with van der Waals surface area (Å²) in [5.74, 6) is -1.28. The van der Waals surface area contributed by atoms with E-state index in [1.54, 1.807) is 24.3 Å². The van der Waals surface area contributed by atoms with Crippen LogP contribution in [0.5, 0.6) is 5.75 Å². The lowest BCUT2D eigenvalue weighted by Gasteiger charge is -2.03. The third kappa shape index (κ3) is 1.99. The Morgan fingerprint density at radius 2 is 2.17 bits per heavy atom. The van der Waals surface area contributed by atoms with Gasteiger partial charge >= 0.3 is 5.97 Å². The quantitative estimate of drug-likeness (QED) is 0.617. The standard InChI is InChI=1S/C13H8N2O3/c14-7-9(13(17)18)6-8-3-4-11(16)12-10(8)2-1-5-15-12/h1-6,16H,(H,17,18). The summed E-state index contributed by atoms with van der Waals surface area (Å²) in [6.45, 7) is 0. The van der Waals surface area contributed by atoms with Gasteiger partial charge in [0, 0.05) is 11.6 Å². The number of fused-ring (bicyclic) bond motifs is 1. The molecule has 0 fully saturated rings. The number of carbonyl (C=O) groups is 1. The van der Waals surface area contributed by atoms with E-state index in [-0.39, 0.29) is 11.3 Å². The van der Waals surface area contributed by atoms with Crippen LogP contribution in [0.25, 0.3) is 17.0 Å². The Bertz CT molecular complexity index is 699. The molecule has 88 valence electrons. The van der Waals surface area contributed by atoms with Gasteiger partial charge in [0.15, 0.2) is 0 Å². The normalized spacial score (nSPS) is 11.2. The Labute approximate surface area is 102 Å². The molecule has 0 amide bonds. The molecule has 2 N–H and O–H groups in total. The van der Waals surface area contributed by atoms with Crippen LogP contribution in [-0.2, 0) is 4.79 Å². The summed E-state index contributed by atoms with van der Waals surface area (Å²) < 4.78 is 0. The molecule has 0 spiro atoms. The molecule has 1 aromatic carbocycles. The van der Waals surface area contributed by atoms with Gasteiger partial charge in [-0.3, -0.25) is 4.98 Å². The number of aliphatic carboxylic acids is 1. The van der Waals surface area contributed by atoms with Crippen molar-refractivity contribution in [3.8, 4) is 11.8 Å². The molecule has 5 heteroatoms. The molecule has 0 aliphatic heterocycles. The van der Waals surface area contributed by atoms with Gasteiger partial charge in [0.25, 0.3) is 0 Å². The van der Waals surface area contributed by atoms with E-state index in [1.165, 1.54) is 18.3 Å². The van der Waals surface area contributed by atoms with Crippen LogP contribution in [0, 0.1) is 11.3 Å². The molecule has 0 aliphatic carbocycles. The van der Waals surface area contributed by atoms with E-state index in [0.717, 1.165) is 0 Å². The fourth-order valence-corrected chi connectivity index (χ4v) is 1.60. The van der Waals surface area contributed by atoms with Gasteiger partial charge in [-0.05, 0) is 23.8 Å². The van der Waals surface area contributed by atoms with Crippen LogP contribution in [0.3, 0.4) is 0 Å². The van der Waals surface area contributed by atoms with Crippen molar-refractivity contribution in [3.05, 3.63) is 41.6 Å². The maximum Gasteiger partial charge on any atom is 0.346 e. The molecule has 0 unspecified atom stereocenters. The summed E-state index contributed by atoms with van der Waals surface area (Å²) >= 11 is 0. The predicted octanol–water partition coefficient (Wildman–Crippen LogP) is 1.93. The number of aromatic hydroxyl groups is 1. The maximum atomic E-state index is 10.8. The number of hydrogen-bond acceptors (Lipinski definition) is 4. The second-order valence-corrected chi connectivity index (χ2v) is 3.55. The van der Waals surface area contributed by atoms with E-state index in [9.17, 15) is 9.90 Å². The Morgan fingerprint density at radius 1 is 1.39 bits per heavy atom. The van der Waals surface area contributed by atoms with Crippen LogP contribution in [0.1, 0.15) is 5.56 Å². The van der Waals surface area contributed by atoms with Crippen LogP contribution in [0.4, 0.5) is 0 Å². The van der Waals surface area contributed by atoms with E-state index in [0.29, 0.717) is 16.5 Å². The van der Waals surface area contributed by atoms with E-state index in [1.807, 2.05) is 0 Å². The largest absolute Gasteiger partial charge is 0.506 e. The third-order valence-electron chi connectivity index (χ3n) is 2.43. The number of hydrogen-bond donors (Lipinski definition) is 2. The zero-order valence-electron chi connectivity index (χ0n) is 9.16. The van der Waals surface area contributed by atoms with Crippen molar-refractivity contribution >= 4 is 22.9 Å². The highest BCUT2D eigenvalue weighted by molar-refractivity contribution is 6.00. The summed E-state index contributed by atoms with van der Waals surface area (Å²) in [6.07, 6.45) is 2.78. The number of pyridine rings is 1. The molecule has 0 bridgehead atoms. The molecule has 1 aromatic heterocycles. The summed E-state index contributed by atoms with van der Waals surface area (Å²) in [6, 6.07) is 7.94. The van der Waals surface area contributed by atoms with Gasteiger partial charge in [0.05, 0.1) is 0 Å². The molecule has 2 rings (SSSR count). The zero-order chi connectivity index (χ0) is 13.1. The predicted molar refractivity (Wildman–Crippen MR) is 64.6 cm³/mol. The molecule has 18 heavy (non-hydrogen) atoms. The average Bonchev–Trinajstić information content (AvgIpc) is 2.38. The van der Waals surface area contributed by atoms with E-state index in [4.69, 9.17) is 10.4 Å². The first-order valence-electron chi connectivity index (χ1n) is 5.05. The highest BCUT2D eigenvalue weighted by atomic mass is 16.4. The minimum Gasteiger partial charge on any atom is -0.506 e. The maximum absolute atomic E-state index is 10.8. The lowest BCUT2D eigenvalue weighted by molar-refractivity contribution is -0.132. The lowest BCUT2D eigenvalue weighted by Crippen LogP contribution is -1.97. The SMILES string of the molecule is N#CC(=Cc1ccc(O)c2ncccc12)C(=O)O. The lowest BCUT2D eigenvalue weighted by atomic mass is 10.1. The number of rotatable bonds is 2. The molecule has 0 radical (unpaired) electrons. The first kappa shape index (κ1) is 11.6. The molecule has 1 heterocycles. The third-order valence-corrected chi connectivity index (χ3v) is 2.43. The molecular weight excluding hydrogens is 232 g/mol. The zero-order valence-corrected chi connectivity index (χ0v) is 9.16. The minimum atomic E-state index is -1.29. The summed E-state index contributed by atoms with van der Waals surface area (Å²) in [7, 11) is 0. The summed E-state index contributed by atoms with van der Waals surface area (Å²) in [5, 5.41) is 27.7. The van der Waals surface area contributed by atoms with Crippen molar-refractivity contribution in [1.29, 1.82) is 5.26 Å². The Kier molecular flexibility index (Phi) is 2.94.